The number of sulfonamides is 1. The fraction of sp³-hybridized carbons (Fsp3) is 0.412. The van der Waals surface area contributed by atoms with Gasteiger partial charge in [0.15, 0.2) is 0 Å². The first-order valence-corrected chi connectivity index (χ1v) is 8.98. The van der Waals surface area contributed by atoms with E-state index < -0.39 is 10.0 Å². The highest BCUT2D eigenvalue weighted by molar-refractivity contribution is 7.92. The third kappa shape index (κ3) is 2.90. The lowest BCUT2D eigenvalue weighted by atomic mass is 10.1. The zero-order valence-corrected chi connectivity index (χ0v) is 14.0. The van der Waals surface area contributed by atoms with Crippen LogP contribution in [0.4, 0.5) is 5.69 Å². The molecule has 0 aliphatic heterocycles. The second-order valence-electron chi connectivity index (χ2n) is 6.11. The van der Waals surface area contributed by atoms with Crippen molar-refractivity contribution in [1.29, 1.82) is 0 Å². The third-order valence-electron chi connectivity index (χ3n) is 4.16. The van der Waals surface area contributed by atoms with E-state index in [1.807, 2.05) is 32.0 Å². The molecule has 1 aromatic heterocycles. The minimum Gasteiger partial charge on any atom is -0.448 e. The van der Waals surface area contributed by atoms with Gasteiger partial charge in [0, 0.05) is 6.54 Å². The van der Waals surface area contributed by atoms with Crippen LogP contribution in [0.25, 0.3) is 0 Å². The van der Waals surface area contributed by atoms with Gasteiger partial charge in [0.2, 0.25) is 5.09 Å². The summed E-state index contributed by atoms with van der Waals surface area (Å²) in [7, 11) is -3.65. The summed E-state index contributed by atoms with van der Waals surface area (Å²) >= 11 is 0. The molecule has 0 spiro atoms. The average molecular weight is 319 g/mol. The molecule has 0 unspecified atom stereocenters. The second kappa shape index (κ2) is 5.47. The van der Waals surface area contributed by atoms with E-state index >= 15 is 0 Å². The van der Waals surface area contributed by atoms with Crippen molar-refractivity contribution in [3.05, 3.63) is 47.2 Å². The maximum atomic E-state index is 12.9. The fourth-order valence-electron chi connectivity index (χ4n) is 2.42. The van der Waals surface area contributed by atoms with Crippen LogP contribution in [0.5, 0.6) is 0 Å². The first kappa shape index (κ1) is 15.2. The Balaban J connectivity index is 2.03. The van der Waals surface area contributed by atoms with Gasteiger partial charge < -0.3 is 4.42 Å². The molecule has 3 rings (SSSR count). The maximum Gasteiger partial charge on any atom is 0.297 e. The van der Waals surface area contributed by atoms with E-state index in [9.17, 15) is 8.42 Å². The molecule has 1 heterocycles. The summed E-state index contributed by atoms with van der Waals surface area (Å²) < 4.78 is 32.7. The number of rotatable bonds is 5. The number of nitrogens with zero attached hydrogens (tertiary/aromatic N) is 1. The molecule has 1 aliphatic carbocycles. The Morgan fingerprint density at radius 2 is 1.82 bits per heavy atom. The molecule has 4 nitrogen and oxygen atoms in total. The molecular weight excluding hydrogens is 298 g/mol. The highest BCUT2D eigenvalue weighted by Crippen LogP contribution is 2.35. The van der Waals surface area contributed by atoms with Gasteiger partial charge in [-0.25, -0.2) is 0 Å². The van der Waals surface area contributed by atoms with Crippen molar-refractivity contribution in [1.82, 2.24) is 0 Å². The van der Waals surface area contributed by atoms with Crippen LogP contribution in [0.2, 0.25) is 0 Å². The van der Waals surface area contributed by atoms with E-state index in [1.165, 1.54) is 10.4 Å². The topological polar surface area (TPSA) is 50.5 Å². The van der Waals surface area contributed by atoms with E-state index in [-0.39, 0.29) is 5.09 Å². The van der Waals surface area contributed by atoms with Gasteiger partial charge in [-0.1, -0.05) is 6.07 Å². The molecule has 5 heteroatoms. The lowest BCUT2D eigenvalue weighted by Crippen LogP contribution is -2.32. The summed E-state index contributed by atoms with van der Waals surface area (Å²) in [6, 6.07) is 8.99. The largest absolute Gasteiger partial charge is 0.448 e. The van der Waals surface area contributed by atoms with Crippen LogP contribution in [-0.4, -0.2) is 15.0 Å². The van der Waals surface area contributed by atoms with Crippen LogP contribution < -0.4 is 4.31 Å². The fourth-order valence-corrected chi connectivity index (χ4v) is 3.91. The van der Waals surface area contributed by atoms with Crippen molar-refractivity contribution in [3.63, 3.8) is 0 Å². The van der Waals surface area contributed by atoms with Crippen LogP contribution >= 0.6 is 0 Å². The molecule has 1 saturated carbocycles. The van der Waals surface area contributed by atoms with Crippen molar-refractivity contribution >= 4 is 15.7 Å². The van der Waals surface area contributed by atoms with Crippen molar-refractivity contribution in [2.75, 3.05) is 10.8 Å². The Kier molecular flexibility index (Phi) is 3.77. The summed E-state index contributed by atoms with van der Waals surface area (Å²) in [6.45, 7) is 6.29. The zero-order valence-electron chi connectivity index (χ0n) is 13.2. The van der Waals surface area contributed by atoms with E-state index in [0.717, 1.165) is 24.0 Å². The number of aryl methyl sites for hydroxylation is 3. The van der Waals surface area contributed by atoms with E-state index in [1.54, 1.807) is 13.0 Å². The molecule has 0 saturated heterocycles. The minimum atomic E-state index is -3.65. The Bertz CT molecular complexity index is 788. The van der Waals surface area contributed by atoms with Crippen LogP contribution in [0.1, 0.15) is 29.7 Å². The minimum absolute atomic E-state index is 0.0175. The molecule has 22 heavy (non-hydrogen) atoms. The van der Waals surface area contributed by atoms with Crippen LogP contribution in [0.15, 0.2) is 39.8 Å². The predicted octanol–water partition coefficient (Wildman–Crippen LogP) is 3.81. The van der Waals surface area contributed by atoms with Gasteiger partial charge in [0.25, 0.3) is 10.0 Å². The van der Waals surface area contributed by atoms with Crippen molar-refractivity contribution in [3.8, 4) is 0 Å². The van der Waals surface area contributed by atoms with Crippen molar-refractivity contribution in [2.45, 2.75) is 38.7 Å². The monoisotopic (exact) mass is 319 g/mol. The van der Waals surface area contributed by atoms with E-state index in [4.69, 9.17) is 4.42 Å². The summed E-state index contributed by atoms with van der Waals surface area (Å²) in [5.74, 6) is 1.05. The lowest BCUT2D eigenvalue weighted by Gasteiger charge is -2.24. The highest BCUT2D eigenvalue weighted by atomic mass is 32.2. The second-order valence-corrected chi connectivity index (χ2v) is 7.91. The van der Waals surface area contributed by atoms with Crippen LogP contribution in [0.3, 0.4) is 0 Å². The number of anilines is 1. The molecule has 0 radical (unpaired) electrons. The Morgan fingerprint density at radius 3 is 2.36 bits per heavy atom. The average Bonchev–Trinajstić information content (AvgIpc) is 3.18. The smallest absolute Gasteiger partial charge is 0.297 e. The lowest BCUT2D eigenvalue weighted by molar-refractivity contribution is 0.427. The van der Waals surface area contributed by atoms with Crippen molar-refractivity contribution in [2.24, 2.45) is 5.92 Å². The first-order chi connectivity index (χ1) is 10.4. The standard InChI is InChI=1S/C17H21NO3S/c1-12-4-8-16(10-13(12)2)18(11-15-6-7-15)22(19,20)17-9-5-14(3)21-17/h4-5,8-10,15H,6-7,11H2,1-3H3. The molecule has 0 bridgehead atoms. The van der Waals surface area contributed by atoms with E-state index in [2.05, 4.69) is 0 Å². The normalized spacial score (nSPS) is 15.0. The molecule has 1 aliphatic rings. The summed E-state index contributed by atoms with van der Waals surface area (Å²) in [6.07, 6.45) is 2.18. The van der Waals surface area contributed by atoms with Gasteiger partial charge in [0.05, 0.1) is 5.69 Å². The van der Waals surface area contributed by atoms with Gasteiger partial charge in [-0.05, 0) is 74.9 Å². The molecule has 1 fully saturated rings. The molecular formula is C17H21NO3S. The van der Waals surface area contributed by atoms with Gasteiger partial charge >= 0.3 is 0 Å². The molecule has 118 valence electrons. The van der Waals surface area contributed by atoms with Gasteiger partial charge in [-0.3, -0.25) is 4.31 Å². The molecule has 0 amide bonds. The van der Waals surface area contributed by atoms with Crippen LogP contribution in [0, 0.1) is 26.7 Å². The SMILES string of the molecule is Cc1ccc(S(=O)(=O)N(CC2CC2)c2ccc(C)c(C)c2)o1. The summed E-state index contributed by atoms with van der Waals surface area (Å²) in [5, 5.41) is 0.0175. The Hall–Kier alpha value is -1.75. The predicted molar refractivity (Wildman–Crippen MR) is 86.6 cm³/mol. The molecule has 0 N–H and O–H groups in total. The number of furan rings is 1. The highest BCUT2D eigenvalue weighted by Gasteiger charge is 2.33. The quantitative estimate of drug-likeness (QED) is 0.842. The first-order valence-electron chi connectivity index (χ1n) is 7.54. The Labute approximate surface area is 131 Å². The van der Waals surface area contributed by atoms with Gasteiger partial charge in [-0.15, -0.1) is 0 Å². The van der Waals surface area contributed by atoms with E-state index in [0.29, 0.717) is 23.9 Å². The maximum absolute atomic E-state index is 12.9. The molecule has 0 atom stereocenters. The Morgan fingerprint density at radius 1 is 1.09 bits per heavy atom. The summed E-state index contributed by atoms with van der Waals surface area (Å²) in [5.41, 5.74) is 2.95. The zero-order chi connectivity index (χ0) is 15.9. The van der Waals surface area contributed by atoms with Gasteiger partial charge in [-0.2, -0.15) is 8.42 Å². The third-order valence-corrected chi connectivity index (χ3v) is 5.83. The van der Waals surface area contributed by atoms with Gasteiger partial charge in [0.1, 0.15) is 5.76 Å². The molecule has 2 aromatic rings. The number of hydrogen-bond acceptors (Lipinski definition) is 3. The molecule has 1 aromatic carbocycles. The number of hydrogen-bond donors (Lipinski definition) is 0. The number of benzene rings is 1. The van der Waals surface area contributed by atoms with Crippen molar-refractivity contribution < 1.29 is 12.8 Å². The summed E-state index contributed by atoms with van der Waals surface area (Å²) in [4.78, 5) is 0. The van der Waals surface area contributed by atoms with Crippen LogP contribution in [-0.2, 0) is 10.0 Å².